The van der Waals surface area contributed by atoms with Gasteiger partial charge in [0.1, 0.15) is 6.17 Å². The molecule has 1 aliphatic carbocycles. The van der Waals surface area contributed by atoms with Crippen LogP contribution in [0.5, 0.6) is 0 Å². The monoisotopic (exact) mass is 332 g/mol. The molecule has 0 spiro atoms. The summed E-state index contributed by atoms with van der Waals surface area (Å²) in [5, 5.41) is 0. The number of hydrogen-bond donors (Lipinski definition) is 0. The number of benzene rings is 1. The molecule has 0 heterocycles. The maximum atomic E-state index is 13.5. The van der Waals surface area contributed by atoms with Crippen LogP contribution < -0.4 is 0 Å². The molecule has 1 saturated carbocycles. The lowest BCUT2D eigenvalue weighted by Crippen LogP contribution is -2.13. The van der Waals surface area contributed by atoms with Crippen molar-refractivity contribution in [1.29, 1.82) is 0 Å². The molecular formula is C23H37F. The van der Waals surface area contributed by atoms with Crippen molar-refractivity contribution in [1.82, 2.24) is 0 Å². The summed E-state index contributed by atoms with van der Waals surface area (Å²) in [6.45, 7) is 4.20. The van der Waals surface area contributed by atoms with E-state index >= 15 is 0 Å². The van der Waals surface area contributed by atoms with Gasteiger partial charge in [-0.25, -0.2) is 4.39 Å². The van der Waals surface area contributed by atoms with E-state index in [9.17, 15) is 4.39 Å². The molecule has 1 heteroatoms. The molecule has 2 rings (SSSR count). The molecular weight excluding hydrogens is 295 g/mol. The predicted molar refractivity (Wildman–Crippen MR) is 103 cm³/mol. The van der Waals surface area contributed by atoms with E-state index in [1.165, 1.54) is 69.8 Å². The zero-order valence-corrected chi connectivity index (χ0v) is 15.9. The van der Waals surface area contributed by atoms with Gasteiger partial charge in [0.25, 0.3) is 0 Å². The Hall–Kier alpha value is -0.850. The van der Waals surface area contributed by atoms with Crippen molar-refractivity contribution >= 4 is 0 Å². The van der Waals surface area contributed by atoms with Crippen LogP contribution in [-0.2, 0) is 6.42 Å². The van der Waals surface area contributed by atoms with Crippen LogP contribution in [-0.4, -0.2) is 6.17 Å². The van der Waals surface area contributed by atoms with Gasteiger partial charge >= 0.3 is 0 Å². The standard InChI is InChI=1S/C23H37F/c1-3-5-6-7-8-9-19-10-14-21(15-11-19)22-16-12-20(13-17-22)18-23(24)4-2/h12-13,16-17,19,21,23H,3-11,14-15,18H2,1-2H3. The normalized spacial score (nSPS) is 22.5. The second-order valence-electron chi connectivity index (χ2n) is 7.87. The fourth-order valence-corrected chi connectivity index (χ4v) is 4.15. The highest BCUT2D eigenvalue weighted by Gasteiger charge is 2.22. The van der Waals surface area contributed by atoms with Crippen LogP contribution in [0.1, 0.15) is 102 Å². The van der Waals surface area contributed by atoms with Crippen LogP contribution in [0.2, 0.25) is 0 Å². The van der Waals surface area contributed by atoms with Gasteiger partial charge in [0.15, 0.2) is 0 Å². The van der Waals surface area contributed by atoms with Crippen molar-refractivity contribution in [3.63, 3.8) is 0 Å². The first-order valence-electron chi connectivity index (χ1n) is 10.5. The lowest BCUT2D eigenvalue weighted by Gasteiger charge is -2.29. The maximum Gasteiger partial charge on any atom is 0.104 e. The van der Waals surface area contributed by atoms with Crippen molar-refractivity contribution < 1.29 is 4.39 Å². The van der Waals surface area contributed by atoms with E-state index in [0.717, 1.165) is 17.4 Å². The summed E-state index contributed by atoms with van der Waals surface area (Å²) >= 11 is 0. The van der Waals surface area contributed by atoms with Crippen molar-refractivity contribution in [2.75, 3.05) is 0 Å². The number of hydrogen-bond acceptors (Lipinski definition) is 0. The average Bonchev–Trinajstić information content (AvgIpc) is 2.63. The van der Waals surface area contributed by atoms with E-state index in [4.69, 9.17) is 0 Å². The molecule has 1 aromatic rings. The minimum atomic E-state index is -0.691. The lowest BCUT2D eigenvalue weighted by atomic mass is 9.77. The Labute approximate surface area is 149 Å². The summed E-state index contributed by atoms with van der Waals surface area (Å²) in [4.78, 5) is 0. The quantitative estimate of drug-likeness (QED) is 0.387. The van der Waals surface area contributed by atoms with Gasteiger partial charge in [-0.3, -0.25) is 0 Å². The van der Waals surface area contributed by atoms with Crippen LogP contribution >= 0.6 is 0 Å². The molecule has 0 aromatic heterocycles. The van der Waals surface area contributed by atoms with Gasteiger partial charge < -0.3 is 0 Å². The molecule has 0 aliphatic heterocycles. The fraction of sp³-hybridized carbons (Fsp3) is 0.739. The summed E-state index contributed by atoms with van der Waals surface area (Å²) in [6, 6.07) is 8.82. The largest absolute Gasteiger partial charge is 0.247 e. The van der Waals surface area contributed by atoms with Crippen LogP contribution in [0.15, 0.2) is 24.3 Å². The molecule has 1 fully saturated rings. The van der Waals surface area contributed by atoms with Gasteiger partial charge in [-0.1, -0.05) is 76.6 Å². The molecule has 1 aromatic carbocycles. The van der Waals surface area contributed by atoms with E-state index < -0.39 is 6.17 Å². The summed E-state index contributed by atoms with van der Waals surface area (Å²) in [5.41, 5.74) is 2.63. The number of alkyl halides is 1. The Morgan fingerprint density at radius 1 is 0.917 bits per heavy atom. The maximum absolute atomic E-state index is 13.5. The second kappa shape index (κ2) is 10.9. The molecule has 0 N–H and O–H groups in total. The summed E-state index contributed by atoms with van der Waals surface area (Å²) in [6.07, 6.45) is 14.5. The van der Waals surface area contributed by atoms with Gasteiger partial charge in [0, 0.05) is 6.42 Å². The number of rotatable bonds is 10. The average molecular weight is 333 g/mol. The van der Waals surface area contributed by atoms with Crippen molar-refractivity contribution in [2.24, 2.45) is 5.92 Å². The molecule has 0 amide bonds. The van der Waals surface area contributed by atoms with Crippen molar-refractivity contribution in [3.8, 4) is 0 Å². The zero-order chi connectivity index (χ0) is 17.2. The molecule has 1 unspecified atom stereocenters. The van der Waals surface area contributed by atoms with Crippen LogP contribution in [0, 0.1) is 5.92 Å². The highest BCUT2D eigenvalue weighted by atomic mass is 19.1. The molecule has 0 radical (unpaired) electrons. The van der Waals surface area contributed by atoms with Gasteiger partial charge in [-0.05, 0) is 55.1 Å². The Morgan fingerprint density at radius 2 is 1.58 bits per heavy atom. The molecule has 1 aliphatic rings. The second-order valence-corrected chi connectivity index (χ2v) is 7.87. The first kappa shape index (κ1) is 19.5. The highest BCUT2D eigenvalue weighted by Crippen LogP contribution is 2.37. The third-order valence-corrected chi connectivity index (χ3v) is 5.91. The highest BCUT2D eigenvalue weighted by molar-refractivity contribution is 5.26. The van der Waals surface area contributed by atoms with Gasteiger partial charge in [0.2, 0.25) is 0 Å². The van der Waals surface area contributed by atoms with E-state index in [1.807, 2.05) is 6.92 Å². The smallest absolute Gasteiger partial charge is 0.104 e. The predicted octanol–water partition coefficient (Wildman–Crippen LogP) is 7.61. The molecule has 0 bridgehead atoms. The first-order valence-corrected chi connectivity index (χ1v) is 10.5. The molecule has 0 saturated heterocycles. The van der Waals surface area contributed by atoms with E-state index in [1.54, 1.807) is 0 Å². The molecule has 136 valence electrons. The topological polar surface area (TPSA) is 0 Å². The Morgan fingerprint density at radius 3 is 2.21 bits per heavy atom. The minimum absolute atomic E-state index is 0.571. The van der Waals surface area contributed by atoms with Crippen LogP contribution in [0.3, 0.4) is 0 Å². The Bertz CT molecular complexity index is 428. The molecule has 0 nitrogen and oxygen atoms in total. The number of unbranched alkanes of at least 4 members (excludes halogenated alkanes) is 4. The minimum Gasteiger partial charge on any atom is -0.247 e. The van der Waals surface area contributed by atoms with Gasteiger partial charge in [-0.15, -0.1) is 0 Å². The Balaban J connectivity index is 1.70. The van der Waals surface area contributed by atoms with Crippen LogP contribution in [0.4, 0.5) is 4.39 Å². The van der Waals surface area contributed by atoms with Crippen molar-refractivity contribution in [2.45, 2.75) is 103 Å². The van der Waals surface area contributed by atoms with E-state index in [0.29, 0.717) is 12.8 Å². The van der Waals surface area contributed by atoms with Crippen LogP contribution in [0.25, 0.3) is 0 Å². The third-order valence-electron chi connectivity index (χ3n) is 5.91. The van der Waals surface area contributed by atoms with Gasteiger partial charge in [0.05, 0.1) is 0 Å². The summed E-state index contributed by atoms with van der Waals surface area (Å²) in [5.74, 6) is 1.71. The van der Waals surface area contributed by atoms with Crippen molar-refractivity contribution in [3.05, 3.63) is 35.4 Å². The Kier molecular flexibility index (Phi) is 8.84. The fourth-order valence-electron chi connectivity index (χ4n) is 4.15. The lowest BCUT2D eigenvalue weighted by molar-refractivity contribution is 0.302. The van der Waals surface area contributed by atoms with E-state index in [2.05, 4.69) is 31.2 Å². The SMILES string of the molecule is CCCCCCCC1CCC(c2ccc(CC(F)CC)cc2)CC1. The van der Waals surface area contributed by atoms with E-state index in [-0.39, 0.29) is 0 Å². The summed E-state index contributed by atoms with van der Waals surface area (Å²) in [7, 11) is 0. The first-order chi connectivity index (χ1) is 11.7. The number of halogens is 1. The molecule has 24 heavy (non-hydrogen) atoms. The summed E-state index contributed by atoms with van der Waals surface area (Å²) < 4.78 is 13.5. The zero-order valence-electron chi connectivity index (χ0n) is 15.9. The third kappa shape index (κ3) is 6.57. The van der Waals surface area contributed by atoms with Gasteiger partial charge in [-0.2, -0.15) is 0 Å². The molecule has 1 atom stereocenters.